The third kappa shape index (κ3) is 3.79. The van der Waals surface area contributed by atoms with E-state index in [0.717, 1.165) is 18.4 Å². The lowest BCUT2D eigenvalue weighted by atomic mass is 9.77. The first kappa shape index (κ1) is 23.8. The number of likely N-dealkylation sites (tertiary alicyclic amines) is 1. The van der Waals surface area contributed by atoms with Crippen molar-refractivity contribution in [2.24, 2.45) is 11.8 Å². The molecule has 4 aliphatic rings. The van der Waals surface area contributed by atoms with E-state index in [0.29, 0.717) is 19.5 Å². The standard InChI is InChI=1S/C27H32N2O6/c1-2-3-14-28-15-9-13-27-22(21-20(35-27)12-7-8-16-34-26(21)33)24(31)29(23(27)25(28)32)19(17-30)18-10-5-4-6-11-18/h4-7,9-13,19-23,30H,2-3,8,14-17H2,1H3/t19-,20+,21-,22+,23?,27+/m1/s1. The van der Waals surface area contributed by atoms with E-state index in [1.807, 2.05) is 54.6 Å². The summed E-state index contributed by atoms with van der Waals surface area (Å²) in [5, 5.41) is 10.5. The maximum atomic E-state index is 14.2. The van der Waals surface area contributed by atoms with Crippen molar-refractivity contribution in [1.82, 2.24) is 9.80 Å². The lowest BCUT2D eigenvalue weighted by molar-refractivity contribution is -0.156. The predicted molar refractivity (Wildman–Crippen MR) is 127 cm³/mol. The molecule has 35 heavy (non-hydrogen) atoms. The van der Waals surface area contributed by atoms with Gasteiger partial charge in [-0.25, -0.2) is 0 Å². The second kappa shape index (κ2) is 9.59. The summed E-state index contributed by atoms with van der Waals surface area (Å²) in [6.07, 6.45) is 9.08. The number of hydrogen-bond acceptors (Lipinski definition) is 6. The van der Waals surface area contributed by atoms with E-state index < -0.39 is 41.6 Å². The Hall–Kier alpha value is -2.97. The zero-order chi connectivity index (χ0) is 24.6. The molecule has 1 unspecified atom stereocenters. The first-order valence-corrected chi connectivity index (χ1v) is 12.5. The molecule has 2 amide bonds. The van der Waals surface area contributed by atoms with Gasteiger partial charge in [-0.15, -0.1) is 0 Å². The number of carbonyl (C=O) groups is 3. The topological polar surface area (TPSA) is 96.4 Å². The Morgan fingerprint density at radius 2 is 1.94 bits per heavy atom. The number of aliphatic hydroxyl groups is 1. The van der Waals surface area contributed by atoms with Crippen LogP contribution in [0.3, 0.4) is 0 Å². The summed E-state index contributed by atoms with van der Waals surface area (Å²) >= 11 is 0. The summed E-state index contributed by atoms with van der Waals surface area (Å²) < 4.78 is 12.0. The predicted octanol–water partition coefficient (Wildman–Crippen LogP) is 2.00. The van der Waals surface area contributed by atoms with Crippen LogP contribution < -0.4 is 0 Å². The van der Waals surface area contributed by atoms with Gasteiger partial charge in [0.2, 0.25) is 11.8 Å². The minimum Gasteiger partial charge on any atom is -0.465 e. The number of hydrogen-bond donors (Lipinski definition) is 1. The third-order valence-corrected chi connectivity index (χ3v) is 7.62. The number of esters is 1. The number of amides is 2. The highest BCUT2D eigenvalue weighted by atomic mass is 16.6. The zero-order valence-electron chi connectivity index (χ0n) is 19.9. The average Bonchev–Trinajstić information content (AvgIpc) is 3.24. The molecule has 4 heterocycles. The molecule has 8 heteroatoms. The Kier molecular flexibility index (Phi) is 6.51. The molecule has 186 valence electrons. The molecule has 1 spiro atoms. The average molecular weight is 481 g/mol. The molecule has 8 nitrogen and oxygen atoms in total. The van der Waals surface area contributed by atoms with Gasteiger partial charge in [-0.05, 0) is 18.4 Å². The summed E-state index contributed by atoms with van der Waals surface area (Å²) in [5.74, 6) is -2.85. The normalized spacial score (nSPS) is 32.9. The fourth-order valence-corrected chi connectivity index (χ4v) is 6.01. The van der Waals surface area contributed by atoms with Gasteiger partial charge >= 0.3 is 5.97 Å². The van der Waals surface area contributed by atoms with E-state index >= 15 is 0 Å². The van der Waals surface area contributed by atoms with Crippen LogP contribution in [0.1, 0.15) is 37.8 Å². The van der Waals surface area contributed by atoms with Gasteiger partial charge in [0.05, 0.1) is 31.3 Å². The molecule has 2 saturated heterocycles. The smallest absolute Gasteiger partial charge is 0.312 e. The monoisotopic (exact) mass is 480 g/mol. The van der Waals surface area contributed by atoms with E-state index in [1.54, 1.807) is 4.90 Å². The SMILES string of the molecule is CCCCN1CC=C[C@]23O[C@H]4C=CCCOC(=O)[C@H]4[C@H]2C(=O)N([C@H](CO)c2ccccc2)C3C1=O. The Labute approximate surface area is 205 Å². The minimum atomic E-state index is -1.32. The van der Waals surface area contributed by atoms with Gasteiger partial charge in [0.15, 0.2) is 0 Å². The second-order valence-corrected chi connectivity index (χ2v) is 9.62. The van der Waals surface area contributed by atoms with Gasteiger partial charge in [-0.1, -0.05) is 68.0 Å². The van der Waals surface area contributed by atoms with Crippen LogP contribution in [-0.4, -0.2) is 76.7 Å². The van der Waals surface area contributed by atoms with Gasteiger partial charge < -0.3 is 24.4 Å². The van der Waals surface area contributed by atoms with Crippen LogP contribution in [0.4, 0.5) is 0 Å². The van der Waals surface area contributed by atoms with Crippen molar-refractivity contribution in [3.63, 3.8) is 0 Å². The van der Waals surface area contributed by atoms with Crippen LogP contribution >= 0.6 is 0 Å². The molecule has 0 saturated carbocycles. The molecule has 0 aromatic heterocycles. The molecule has 1 aromatic rings. The molecule has 0 radical (unpaired) electrons. The van der Waals surface area contributed by atoms with Crippen molar-refractivity contribution >= 4 is 17.8 Å². The largest absolute Gasteiger partial charge is 0.465 e. The molecule has 2 fully saturated rings. The molecule has 0 aliphatic carbocycles. The Balaban J connectivity index is 1.64. The van der Waals surface area contributed by atoms with Crippen LogP contribution in [0.25, 0.3) is 0 Å². The van der Waals surface area contributed by atoms with Crippen LogP contribution in [0, 0.1) is 11.8 Å². The van der Waals surface area contributed by atoms with Crippen LogP contribution in [0.15, 0.2) is 54.6 Å². The number of unbranched alkanes of at least 4 members (excludes halogenated alkanes) is 1. The van der Waals surface area contributed by atoms with E-state index in [-0.39, 0.29) is 25.0 Å². The molecule has 1 aromatic carbocycles. The van der Waals surface area contributed by atoms with E-state index in [2.05, 4.69) is 6.92 Å². The fourth-order valence-electron chi connectivity index (χ4n) is 6.01. The van der Waals surface area contributed by atoms with Crippen molar-refractivity contribution in [2.45, 2.75) is 50.0 Å². The summed E-state index contributed by atoms with van der Waals surface area (Å²) in [7, 11) is 0. The summed E-state index contributed by atoms with van der Waals surface area (Å²) in [6.45, 7) is 2.90. The van der Waals surface area contributed by atoms with Gasteiger partial charge in [-0.3, -0.25) is 14.4 Å². The maximum Gasteiger partial charge on any atom is 0.312 e. The summed E-state index contributed by atoms with van der Waals surface area (Å²) in [5.41, 5.74) is -0.600. The summed E-state index contributed by atoms with van der Waals surface area (Å²) in [6, 6.07) is 7.44. The number of fused-ring (bicyclic) bond motifs is 2. The molecule has 5 rings (SSSR count). The number of aliphatic hydroxyl groups excluding tert-OH is 1. The lowest BCUT2D eigenvalue weighted by Crippen LogP contribution is -2.56. The van der Waals surface area contributed by atoms with Crippen molar-refractivity contribution in [2.75, 3.05) is 26.3 Å². The van der Waals surface area contributed by atoms with Crippen LogP contribution in [0.5, 0.6) is 0 Å². The zero-order valence-corrected chi connectivity index (χ0v) is 19.9. The third-order valence-electron chi connectivity index (χ3n) is 7.62. The van der Waals surface area contributed by atoms with Crippen molar-refractivity contribution in [3.05, 3.63) is 60.2 Å². The highest BCUT2D eigenvalue weighted by Crippen LogP contribution is 2.54. The van der Waals surface area contributed by atoms with E-state index in [9.17, 15) is 19.5 Å². The molecule has 0 bridgehead atoms. The highest BCUT2D eigenvalue weighted by Gasteiger charge is 2.72. The van der Waals surface area contributed by atoms with E-state index in [4.69, 9.17) is 9.47 Å². The Morgan fingerprint density at radius 1 is 1.14 bits per heavy atom. The number of cyclic esters (lactones) is 1. The van der Waals surface area contributed by atoms with Gasteiger partial charge in [-0.2, -0.15) is 0 Å². The number of benzene rings is 1. The fraction of sp³-hybridized carbons (Fsp3) is 0.519. The Bertz CT molecular complexity index is 1040. The first-order chi connectivity index (χ1) is 17.0. The number of nitrogens with zero attached hydrogens (tertiary/aromatic N) is 2. The maximum absolute atomic E-state index is 14.2. The molecule has 6 atom stereocenters. The summed E-state index contributed by atoms with van der Waals surface area (Å²) in [4.78, 5) is 44.6. The number of rotatable bonds is 6. The molecule has 4 aliphatic heterocycles. The van der Waals surface area contributed by atoms with Crippen molar-refractivity contribution in [1.29, 1.82) is 0 Å². The number of carbonyl (C=O) groups excluding carboxylic acids is 3. The quantitative estimate of drug-likeness (QED) is 0.494. The minimum absolute atomic E-state index is 0.222. The van der Waals surface area contributed by atoms with Crippen molar-refractivity contribution in [3.8, 4) is 0 Å². The van der Waals surface area contributed by atoms with Gasteiger partial charge in [0.1, 0.15) is 17.6 Å². The lowest BCUT2D eigenvalue weighted by Gasteiger charge is -2.38. The Morgan fingerprint density at radius 3 is 2.69 bits per heavy atom. The van der Waals surface area contributed by atoms with Crippen LogP contribution in [-0.2, 0) is 23.9 Å². The number of ether oxygens (including phenoxy) is 2. The highest BCUT2D eigenvalue weighted by molar-refractivity contribution is 5.99. The van der Waals surface area contributed by atoms with Crippen molar-refractivity contribution < 1.29 is 29.0 Å². The second-order valence-electron chi connectivity index (χ2n) is 9.62. The molecular formula is C27H32N2O6. The van der Waals surface area contributed by atoms with Crippen LogP contribution in [0.2, 0.25) is 0 Å². The van der Waals surface area contributed by atoms with Gasteiger partial charge in [0.25, 0.3) is 0 Å². The first-order valence-electron chi connectivity index (χ1n) is 12.5. The molecule has 1 N–H and O–H groups in total. The van der Waals surface area contributed by atoms with Gasteiger partial charge in [0, 0.05) is 13.1 Å². The van der Waals surface area contributed by atoms with E-state index in [1.165, 1.54) is 4.90 Å². The molecular weight excluding hydrogens is 448 g/mol.